The van der Waals surface area contributed by atoms with Crippen molar-refractivity contribution >= 4 is 12.0 Å². The van der Waals surface area contributed by atoms with Gasteiger partial charge in [-0.15, -0.1) is 0 Å². The first kappa shape index (κ1) is 15.8. The summed E-state index contributed by atoms with van der Waals surface area (Å²) in [7, 11) is 3.18. The van der Waals surface area contributed by atoms with E-state index in [4.69, 9.17) is 9.47 Å². The molecule has 0 spiro atoms. The van der Waals surface area contributed by atoms with Gasteiger partial charge in [0.25, 0.3) is 0 Å². The summed E-state index contributed by atoms with van der Waals surface area (Å²) in [5.74, 6) is 0.383. The fourth-order valence-electron chi connectivity index (χ4n) is 2.17. The smallest absolute Gasteiger partial charge is 0.356 e. The van der Waals surface area contributed by atoms with Crippen molar-refractivity contribution in [3.63, 3.8) is 0 Å². The molecule has 0 bridgehead atoms. The molecule has 116 valence electrons. The average molecular weight is 300 g/mol. The number of aromatic nitrogens is 2. The Balaban J connectivity index is 2.37. The first-order valence-corrected chi connectivity index (χ1v) is 7.13. The Bertz CT molecular complexity index is 660. The van der Waals surface area contributed by atoms with Gasteiger partial charge >= 0.3 is 5.97 Å². The minimum atomic E-state index is -0.412. The zero-order valence-corrected chi connectivity index (χ0v) is 13.1. The van der Waals surface area contributed by atoms with Gasteiger partial charge in [-0.25, -0.2) is 9.78 Å². The van der Waals surface area contributed by atoms with Crippen LogP contribution in [0.3, 0.4) is 0 Å². The number of nitrogens with zero attached hydrogens (tertiary/aromatic N) is 2. The number of hydrogen-bond acceptors (Lipinski definition) is 4. The summed E-state index contributed by atoms with van der Waals surface area (Å²) in [5.41, 5.74) is 2.10. The van der Waals surface area contributed by atoms with Gasteiger partial charge in [0.1, 0.15) is 5.82 Å². The summed E-state index contributed by atoms with van der Waals surface area (Å²) in [6.45, 7) is 2.46. The number of carbonyl (C=O) groups excluding carboxylic acids is 1. The van der Waals surface area contributed by atoms with Crippen molar-refractivity contribution in [3.05, 3.63) is 59.4 Å². The van der Waals surface area contributed by atoms with Crippen LogP contribution in [0.4, 0.5) is 0 Å². The van der Waals surface area contributed by atoms with Crippen molar-refractivity contribution in [2.24, 2.45) is 7.05 Å². The van der Waals surface area contributed by atoms with Crippen molar-refractivity contribution in [2.45, 2.75) is 13.3 Å². The topological polar surface area (TPSA) is 53.4 Å². The molecule has 2 aromatic rings. The van der Waals surface area contributed by atoms with Gasteiger partial charge in [0.2, 0.25) is 0 Å². The Morgan fingerprint density at radius 3 is 2.68 bits per heavy atom. The van der Waals surface area contributed by atoms with Gasteiger partial charge in [-0.3, -0.25) is 0 Å². The Kier molecular flexibility index (Phi) is 5.36. The van der Waals surface area contributed by atoms with E-state index in [2.05, 4.69) is 4.98 Å². The van der Waals surface area contributed by atoms with Gasteiger partial charge in [-0.1, -0.05) is 30.3 Å². The minimum Gasteiger partial charge on any atom is -0.501 e. The summed E-state index contributed by atoms with van der Waals surface area (Å²) in [6, 6.07) is 9.99. The number of ether oxygens (including phenoxy) is 2. The molecule has 0 amide bonds. The highest BCUT2D eigenvalue weighted by molar-refractivity contribution is 5.91. The average Bonchev–Trinajstić information content (AvgIpc) is 2.84. The van der Waals surface area contributed by atoms with E-state index in [1.54, 1.807) is 16.9 Å². The number of hydrogen-bond donors (Lipinski definition) is 0. The quantitative estimate of drug-likeness (QED) is 0.608. The first-order chi connectivity index (χ1) is 10.7. The fourth-order valence-corrected chi connectivity index (χ4v) is 2.17. The Morgan fingerprint density at radius 1 is 1.32 bits per heavy atom. The number of benzene rings is 1. The molecule has 1 aromatic carbocycles. The van der Waals surface area contributed by atoms with Crippen molar-refractivity contribution in [1.29, 1.82) is 0 Å². The third-order valence-corrected chi connectivity index (χ3v) is 3.29. The van der Waals surface area contributed by atoms with Gasteiger partial charge in [0.15, 0.2) is 5.69 Å². The lowest BCUT2D eigenvalue weighted by Crippen LogP contribution is -2.11. The monoisotopic (exact) mass is 300 g/mol. The van der Waals surface area contributed by atoms with Crippen LogP contribution in [0, 0.1) is 0 Å². The van der Waals surface area contributed by atoms with Crippen LogP contribution in [-0.2, 0) is 22.9 Å². The Hall–Kier alpha value is -2.56. The molecule has 0 N–H and O–H groups in total. The minimum absolute atomic E-state index is 0.412. The number of carbonyl (C=O) groups is 1. The largest absolute Gasteiger partial charge is 0.501 e. The lowest BCUT2D eigenvalue weighted by molar-refractivity contribution is 0.0589. The SMILES string of the molecule is CCOC=Cc1nc(Cc2ccccc2)n(C)c1C(=O)OC. The van der Waals surface area contributed by atoms with Gasteiger partial charge in [0, 0.05) is 19.5 Å². The van der Waals surface area contributed by atoms with Crippen LogP contribution in [0.5, 0.6) is 0 Å². The fraction of sp³-hybridized carbons (Fsp3) is 0.294. The summed E-state index contributed by atoms with van der Waals surface area (Å²) < 4.78 is 11.8. The second-order valence-corrected chi connectivity index (χ2v) is 4.73. The third kappa shape index (κ3) is 3.55. The standard InChI is InChI=1S/C17H20N2O3/c1-4-22-11-10-14-16(17(20)21-3)19(2)15(18-14)12-13-8-6-5-7-9-13/h5-11H,4,12H2,1-3H3. The Morgan fingerprint density at radius 2 is 2.05 bits per heavy atom. The van der Waals surface area contributed by atoms with Crippen molar-refractivity contribution in [3.8, 4) is 0 Å². The molecular weight excluding hydrogens is 280 g/mol. The maximum Gasteiger partial charge on any atom is 0.356 e. The van der Waals surface area contributed by atoms with E-state index < -0.39 is 5.97 Å². The van der Waals surface area contributed by atoms with Gasteiger partial charge < -0.3 is 14.0 Å². The zero-order valence-electron chi connectivity index (χ0n) is 13.1. The molecule has 0 saturated carbocycles. The molecule has 0 aliphatic heterocycles. The molecule has 0 fully saturated rings. The van der Waals surface area contributed by atoms with Crippen LogP contribution >= 0.6 is 0 Å². The zero-order chi connectivity index (χ0) is 15.9. The first-order valence-electron chi connectivity index (χ1n) is 7.13. The number of rotatable bonds is 6. The molecule has 2 rings (SSSR count). The molecule has 1 aromatic heterocycles. The van der Waals surface area contributed by atoms with Crippen LogP contribution in [0.1, 0.15) is 34.5 Å². The second-order valence-electron chi connectivity index (χ2n) is 4.73. The highest BCUT2D eigenvalue weighted by atomic mass is 16.5. The van der Waals surface area contributed by atoms with Crippen molar-refractivity contribution in [2.75, 3.05) is 13.7 Å². The van der Waals surface area contributed by atoms with E-state index in [1.165, 1.54) is 7.11 Å². The molecule has 0 aliphatic rings. The summed E-state index contributed by atoms with van der Waals surface area (Å²) >= 11 is 0. The molecule has 22 heavy (non-hydrogen) atoms. The van der Waals surface area contributed by atoms with E-state index in [-0.39, 0.29) is 0 Å². The highest BCUT2D eigenvalue weighted by Crippen LogP contribution is 2.17. The van der Waals surface area contributed by atoms with Crippen molar-refractivity contribution < 1.29 is 14.3 Å². The van der Waals surface area contributed by atoms with E-state index in [0.717, 1.165) is 11.4 Å². The third-order valence-electron chi connectivity index (χ3n) is 3.29. The summed E-state index contributed by atoms with van der Waals surface area (Å²) in [5, 5.41) is 0. The van der Waals surface area contributed by atoms with E-state index >= 15 is 0 Å². The number of esters is 1. The van der Waals surface area contributed by atoms with Crippen LogP contribution < -0.4 is 0 Å². The number of methoxy groups -OCH3 is 1. The van der Waals surface area contributed by atoms with Crippen LogP contribution in [0.15, 0.2) is 36.6 Å². The van der Waals surface area contributed by atoms with E-state index in [0.29, 0.717) is 24.4 Å². The summed E-state index contributed by atoms with van der Waals surface area (Å²) in [6.07, 6.45) is 3.87. The molecule has 0 radical (unpaired) electrons. The molecule has 5 heteroatoms. The maximum atomic E-state index is 12.0. The van der Waals surface area contributed by atoms with Crippen LogP contribution in [-0.4, -0.2) is 29.2 Å². The van der Waals surface area contributed by atoms with E-state index in [1.807, 2.05) is 44.3 Å². The van der Waals surface area contributed by atoms with Crippen LogP contribution in [0.2, 0.25) is 0 Å². The summed E-state index contributed by atoms with van der Waals surface area (Å²) in [4.78, 5) is 16.5. The maximum absolute atomic E-state index is 12.0. The lowest BCUT2D eigenvalue weighted by Gasteiger charge is -2.05. The molecule has 0 saturated heterocycles. The predicted molar refractivity (Wildman–Crippen MR) is 84.5 cm³/mol. The predicted octanol–water partition coefficient (Wildman–Crippen LogP) is 2.80. The van der Waals surface area contributed by atoms with Gasteiger partial charge in [-0.2, -0.15) is 0 Å². The molecule has 5 nitrogen and oxygen atoms in total. The van der Waals surface area contributed by atoms with Crippen molar-refractivity contribution in [1.82, 2.24) is 9.55 Å². The van der Waals surface area contributed by atoms with Gasteiger partial charge in [0.05, 0.1) is 25.7 Å². The molecule has 0 atom stereocenters. The van der Waals surface area contributed by atoms with Gasteiger partial charge in [-0.05, 0) is 12.5 Å². The highest BCUT2D eigenvalue weighted by Gasteiger charge is 2.20. The molecule has 0 unspecified atom stereocenters. The second kappa shape index (κ2) is 7.45. The molecule has 1 heterocycles. The van der Waals surface area contributed by atoms with Crippen LogP contribution in [0.25, 0.3) is 6.08 Å². The van der Waals surface area contributed by atoms with E-state index in [9.17, 15) is 4.79 Å². The number of imidazole rings is 1. The Labute approximate surface area is 130 Å². The molecular formula is C17H20N2O3. The lowest BCUT2D eigenvalue weighted by atomic mass is 10.1. The normalized spacial score (nSPS) is 10.9. The molecule has 0 aliphatic carbocycles.